The average Bonchev–Trinajstić information content (AvgIpc) is 2.25. The van der Waals surface area contributed by atoms with Gasteiger partial charge in [-0.1, -0.05) is 38.8 Å². The predicted molar refractivity (Wildman–Crippen MR) is 75.1 cm³/mol. The largest absolute Gasteiger partial charge is 0.310 e. The molecule has 2 heteroatoms. The quantitative estimate of drug-likeness (QED) is 0.778. The van der Waals surface area contributed by atoms with E-state index in [1.807, 2.05) is 0 Å². The number of nitrogens with one attached hydrogen (secondary N) is 1. The van der Waals surface area contributed by atoms with E-state index in [0.717, 1.165) is 6.54 Å². The zero-order valence-corrected chi connectivity index (χ0v) is 11.8. The molecule has 0 radical (unpaired) electrons. The van der Waals surface area contributed by atoms with E-state index in [9.17, 15) is 0 Å². The third-order valence-electron chi connectivity index (χ3n) is 2.57. The Balaban J connectivity index is 2.65. The minimum Gasteiger partial charge on any atom is -0.310 e. The normalized spacial score (nSPS) is 12.7. The number of halogens is 1. The highest BCUT2D eigenvalue weighted by molar-refractivity contribution is 14.1. The van der Waals surface area contributed by atoms with Crippen molar-refractivity contribution in [2.45, 2.75) is 39.2 Å². The molecule has 0 aliphatic rings. The van der Waals surface area contributed by atoms with E-state index in [-0.39, 0.29) is 0 Å². The minimum absolute atomic E-state index is 0.534. The number of benzene rings is 1. The molecule has 0 aliphatic carbocycles. The molecule has 1 atom stereocenters. The molecule has 0 amide bonds. The Bertz CT molecular complexity index is 268. The van der Waals surface area contributed by atoms with Crippen LogP contribution in [0.25, 0.3) is 0 Å². The summed E-state index contributed by atoms with van der Waals surface area (Å²) in [6, 6.07) is 9.39. The van der Waals surface area contributed by atoms with Crippen molar-refractivity contribution in [3.63, 3.8) is 0 Å². The van der Waals surface area contributed by atoms with Crippen molar-refractivity contribution in [1.82, 2.24) is 5.32 Å². The number of unbranched alkanes of at least 4 members (excludes halogenated alkanes) is 1. The van der Waals surface area contributed by atoms with Gasteiger partial charge in [0.25, 0.3) is 0 Å². The van der Waals surface area contributed by atoms with Crippen molar-refractivity contribution in [1.29, 1.82) is 0 Å². The van der Waals surface area contributed by atoms with Gasteiger partial charge in [-0.05, 0) is 53.3 Å². The molecule has 0 aliphatic heterocycles. The summed E-state index contributed by atoms with van der Waals surface area (Å²) in [5.41, 5.74) is 1.42. The number of hydrogen-bond donors (Lipinski definition) is 1. The van der Waals surface area contributed by atoms with Crippen LogP contribution in [0.4, 0.5) is 0 Å². The van der Waals surface area contributed by atoms with Gasteiger partial charge in [0.1, 0.15) is 0 Å². The lowest BCUT2D eigenvalue weighted by molar-refractivity contribution is 0.495. The predicted octanol–water partition coefficient (Wildman–Crippen LogP) is 4.13. The lowest BCUT2D eigenvalue weighted by Gasteiger charge is -2.18. The summed E-state index contributed by atoms with van der Waals surface area (Å²) in [6.07, 6.45) is 3.81. The molecule has 0 saturated carbocycles. The van der Waals surface area contributed by atoms with Crippen molar-refractivity contribution in [3.8, 4) is 0 Å². The Morgan fingerprint density at radius 1 is 1.20 bits per heavy atom. The van der Waals surface area contributed by atoms with E-state index in [4.69, 9.17) is 0 Å². The van der Waals surface area contributed by atoms with Gasteiger partial charge >= 0.3 is 0 Å². The first-order valence-electron chi connectivity index (χ1n) is 5.76. The van der Waals surface area contributed by atoms with Gasteiger partial charge in [-0.25, -0.2) is 0 Å². The van der Waals surface area contributed by atoms with Gasteiger partial charge in [-0.3, -0.25) is 0 Å². The van der Waals surface area contributed by atoms with Crippen LogP contribution in [0.15, 0.2) is 24.3 Å². The second kappa shape index (κ2) is 7.23. The van der Waals surface area contributed by atoms with Crippen LogP contribution in [0.1, 0.15) is 44.7 Å². The van der Waals surface area contributed by atoms with Crippen LogP contribution in [0, 0.1) is 3.57 Å². The van der Waals surface area contributed by atoms with Crippen LogP contribution >= 0.6 is 22.6 Å². The minimum atomic E-state index is 0.534. The fourth-order valence-electron chi connectivity index (χ4n) is 1.74. The summed E-state index contributed by atoms with van der Waals surface area (Å²) in [4.78, 5) is 0. The molecule has 1 aromatic rings. The molecule has 84 valence electrons. The lowest BCUT2D eigenvalue weighted by atomic mass is 10.0. The molecule has 15 heavy (non-hydrogen) atoms. The van der Waals surface area contributed by atoms with E-state index in [0.29, 0.717) is 6.04 Å². The highest BCUT2D eigenvalue weighted by Gasteiger charge is 2.08. The Hall–Kier alpha value is -0.0900. The zero-order valence-electron chi connectivity index (χ0n) is 9.59. The molecule has 1 aromatic carbocycles. The average molecular weight is 317 g/mol. The van der Waals surface area contributed by atoms with E-state index < -0.39 is 0 Å². The van der Waals surface area contributed by atoms with Crippen molar-refractivity contribution >= 4 is 22.6 Å². The SMILES string of the molecule is CCCCC(NCC)c1ccc(I)cc1. The van der Waals surface area contributed by atoms with Gasteiger partial charge in [0.05, 0.1) is 0 Å². The molecule has 0 heterocycles. The van der Waals surface area contributed by atoms with Crippen LogP contribution in [-0.2, 0) is 0 Å². The van der Waals surface area contributed by atoms with Crippen molar-refractivity contribution in [3.05, 3.63) is 33.4 Å². The van der Waals surface area contributed by atoms with Gasteiger partial charge in [0.2, 0.25) is 0 Å². The van der Waals surface area contributed by atoms with E-state index in [1.165, 1.54) is 28.4 Å². The molecule has 0 spiro atoms. The van der Waals surface area contributed by atoms with Crippen LogP contribution in [0.5, 0.6) is 0 Å². The molecule has 0 fully saturated rings. The van der Waals surface area contributed by atoms with Gasteiger partial charge in [-0.2, -0.15) is 0 Å². The summed E-state index contributed by atoms with van der Waals surface area (Å²) in [5.74, 6) is 0. The topological polar surface area (TPSA) is 12.0 Å². The third kappa shape index (κ3) is 4.51. The molecule has 0 saturated heterocycles. The molecule has 1 N–H and O–H groups in total. The Morgan fingerprint density at radius 2 is 1.87 bits per heavy atom. The lowest BCUT2D eigenvalue weighted by Crippen LogP contribution is -2.20. The van der Waals surface area contributed by atoms with Crippen LogP contribution < -0.4 is 5.32 Å². The maximum atomic E-state index is 3.55. The highest BCUT2D eigenvalue weighted by Crippen LogP contribution is 2.20. The first-order valence-corrected chi connectivity index (χ1v) is 6.84. The Labute approximate surface area is 107 Å². The van der Waals surface area contributed by atoms with Crippen molar-refractivity contribution in [2.75, 3.05) is 6.54 Å². The van der Waals surface area contributed by atoms with E-state index in [1.54, 1.807) is 0 Å². The molecule has 0 aromatic heterocycles. The molecular weight excluding hydrogens is 297 g/mol. The summed E-state index contributed by atoms with van der Waals surface area (Å²) < 4.78 is 1.31. The molecule has 0 bridgehead atoms. The Morgan fingerprint density at radius 3 is 2.40 bits per heavy atom. The van der Waals surface area contributed by atoms with E-state index in [2.05, 4.69) is 66.0 Å². The summed E-state index contributed by atoms with van der Waals surface area (Å²) >= 11 is 2.35. The summed E-state index contributed by atoms with van der Waals surface area (Å²) in [7, 11) is 0. The van der Waals surface area contributed by atoms with Gasteiger partial charge < -0.3 is 5.32 Å². The first kappa shape index (κ1) is 13.0. The summed E-state index contributed by atoms with van der Waals surface area (Å²) in [6.45, 7) is 5.46. The standard InChI is InChI=1S/C13H20IN/c1-3-5-6-13(15-4-2)11-7-9-12(14)10-8-11/h7-10,13,15H,3-6H2,1-2H3. The van der Waals surface area contributed by atoms with Crippen LogP contribution in [0.3, 0.4) is 0 Å². The number of rotatable bonds is 6. The second-order valence-corrected chi connectivity index (χ2v) is 5.05. The van der Waals surface area contributed by atoms with E-state index >= 15 is 0 Å². The molecular formula is C13H20IN. The van der Waals surface area contributed by atoms with Crippen molar-refractivity contribution in [2.24, 2.45) is 0 Å². The number of hydrogen-bond acceptors (Lipinski definition) is 1. The zero-order chi connectivity index (χ0) is 11.1. The molecule has 1 rings (SSSR count). The van der Waals surface area contributed by atoms with Gasteiger partial charge in [0.15, 0.2) is 0 Å². The van der Waals surface area contributed by atoms with Gasteiger partial charge in [-0.15, -0.1) is 0 Å². The smallest absolute Gasteiger partial charge is 0.0320 e. The fraction of sp³-hybridized carbons (Fsp3) is 0.538. The third-order valence-corrected chi connectivity index (χ3v) is 3.29. The summed E-state index contributed by atoms with van der Waals surface area (Å²) in [5, 5.41) is 3.55. The highest BCUT2D eigenvalue weighted by atomic mass is 127. The van der Waals surface area contributed by atoms with Gasteiger partial charge in [0, 0.05) is 9.61 Å². The Kier molecular flexibility index (Phi) is 6.25. The first-order chi connectivity index (χ1) is 7.27. The molecule has 1 nitrogen and oxygen atoms in total. The fourth-order valence-corrected chi connectivity index (χ4v) is 2.10. The molecule has 1 unspecified atom stereocenters. The maximum absolute atomic E-state index is 3.55. The second-order valence-electron chi connectivity index (χ2n) is 3.80. The van der Waals surface area contributed by atoms with Crippen LogP contribution in [0.2, 0.25) is 0 Å². The van der Waals surface area contributed by atoms with Crippen LogP contribution in [-0.4, -0.2) is 6.54 Å². The monoisotopic (exact) mass is 317 g/mol. The van der Waals surface area contributed by atoms with Crippen molar-refractivity contribution < 1.29 is 0 Å². The maximum Gasteiger partial charge on any atom is 0.0320 e.